The molecule has 0 saturated carbocycles. The fourth-order valence-corrected chi connectivity index (χ4v) is 3.47. The van der Waals surface area contributed by atoms with Crippen molar-refractivity contribution in [3.8, 4) is 22.8 Å². The predicted octanol–water partition coefficient (Wildman–Crippen LogP) is 4.81. The highest BCUT2D eigenvalue weighted by Gasteiger charge is 2.19. The molecule has 28 heavy (non-hydrogen) atoms. The Labute approximate surface area is 168 Å². The molecule has 1 aromatic heterocycles. The van der Waals surface area contributed by atoms with Crippen LogP contribution < -0.4 is 14.4 Å². The van der Waals surface area contributed by atoms with Gasteiger partial charge in [-0.25, -0.2) is 4.98 Å². The Hall–Kier alpha value is -3.12. The lowest BCUT2D eigenvalue weighted by molar-refractivity contribution is -0.120. The number of anilines is 1. The second-order valence-electron chi connectivity index (χ2n) is 5.84. The van der Waals surface area contributed by atoms with E-state index in [0.717, 1.165) is 11.3 Å². The molecule has 0 aliphatic heterocycles. The molecule has 144 valence electrons. The lowest BCUT2D eigenvalue weighted by atomic mass is 10.2. The Kier molecular flexibility index (Phi) is 6.81. The molecule has 0 aliphatic rings. The van der Waals surface area contributed by atoms with Gasteiger partial charge in [0.05, 0.1) is 12.3 Å². The molecule has 1 heterocycles. The number of benzene rings is 2. The van der Waals surface area contributed by atoms with Gasteiger partial charge in [0, 0.05) is 17.5 Å². The molecule has 0 radical (unpaired) electrons. The van der Waals surface area contributed by atoms with Crippen molar-refractivity contribution in [2.24, 2.45) is 0 Å². The van der Waals surface area contributed by atoms with Crippen LogP contribution in [0, 0.1) is 0 Å². The van der Waals surface area contributed by atoms with Crippen LogP contribution in [0.3, 0.4) is 0 Å². The molecule has 3 aromatic rings. The van der Waals surface area contributed by atoms with Gasteiger partial charge in [-0.05, 0) is 19.1 Å². The summed E-state index contributed by atoms with van der Waals surface area (Å²) >= 11 is 1.42. The van der Waals surface area contributed by atoms with E-state index in [9.17, 15) is 4.79 Å². The third-order valence-electron chi connectivity index (χ3n) is 3.91. The van der Waals surface area contributed by atoms with Crippen molar-refractivity contribution in [2.45, 2.75) is 6.92 Å². The lowest BCUT2D eigenvalue weighted by Crippen LogP contribution is -2.35. The minimum atomic E-state index is -0.194. The second-order valence-corrected chi connectivity index (χ2v) is 6.68. The van der Waals surface area contributed by atoms with Gasteiger partial charge < -0.3 is 9.47 Å². The summed E-state index contributed by atoms with van der Waals surface area (Å²) in [6.07, 6.45) is 1.68. The van der Waals surface area contributed by atoms with Gasteiger partial charge in [0.25, 0.3) is 5.91 Å². The minimum absolute atomic E-state index is 0.113. The van der Waals surface area contributed by atoms with E-state index < -0.39 is 0 Å². The van der Waals surface area contributed by atoms with Crippen LogP contribution in [-0.4, -0.2) is 30.6 Å². The summed E-state index contributed by atoms with van der Waals surface area (Å²) in [7, 11) is 0. The molecule has 0 N–H and O–H groups in total. The fraction of sp³-hybridized carbons (Fsp3) is 0.182. The third kappa shape index (κ3) is 4.78. The van der Waals surface area contributed by atoms with E-state index in [4.69, 9.17) is 9.47 Å². The van der Waals surface area contributed by atoms with E-state index in [-0.39, 0.29) is 12.5 Å². The maximum Gasteiger partial charge on any atom is 0.266 e. The van der Waals surface area contributed by atoms with Crippen LogP contribution in [0.15, 0.2) is 72.6 Å². The number of hydrogen-bond donors (Lipinski definition) is 0. The van der Waals surface area contributed by atoms with Gasteiger partial charge in [0.1, 0.15) is 0 Å². The van der Waals surface area contributed by atoms with Crippen molar-refractivity contribution < 1.29 is 14.3 Å². The number of nitrogens with zero attached hydrogens (tertiary/aromatic N) is 2. The van der Waals surface area contributed by atoms with Gasteiger partial charge in [-0.1, -0.05) is 48.5 Å². The summed E-state index contributed by atoms with van der Waals surface area (Å²) in [5, 5.41) is 2.56. The maximum atomic E-state index is 12.8. The first-order valence-electron chi connectivity index (χ1n) is 8.99. The summed E-state index contributed by atoms with van der Waals surface area (Å²) in [5.74, 6) is 0.967. The lowest BCUT2D eigenvalue weighted by Gasteiger charge is -2.19. The summed E-state index contributed by atoms with van der Waals surface area (Å²) < 4.78 is 11.3. The molecular weight excluding hydrogens is 372 g/mol. The van der Waals surface area contributed by atoms with E-state index in [1.807, 2.05) is 60.8 Å². The minimum Gasteiger partial charge on any atom is -0.490 e. The Bertz CT molecular complexity index is 924. The number of para-hydroxylation sites is 2. The highest BCUT2D eigenvalue weighted by atomic mass is 32.1. The van der Waals surface area contributed by atoms with Crippen molar-refractivity contribution in [2.75, 3.05) is 24.7 Å². The van der Waals surface area contributed by atoms with E-state index in [0.29, 0.717) is 29.8 Å². The van der Waals surface area contributed by atoms with Crippen LogP contribution in [0.2, 0.25) is 0 Å². The molecule has 0 spiro atoms. The number of thiazole rings is 1. The van der Waals surface area contributed by atoms with Gasteiger partial charge in [-0.15, -0.1) is 17.9 Å². The van der Waals surface area contributed by atoms with Crippen molar-refractivity contribution in [3.63, 3.8) is 0 Å². The molecule has 1 amide bonds. The van der Waals surface area contributed by atoms with Gasteiger partial charge in [0.2, 0.25) is 0 Å². The first-order chi connectivity index (χ1) is 13.7. The average Bonchev–Trinajstić information content (AvgIpc) is 3.22. The summed E-state index contributed by atoms with van der Waals surface area (Å²) in [4.78, 5) is 19.0. The van der Waals surface area contributed by atoms with Crippen LogP contribution >= 0.6 is 11.3 Å². The largest absolute Gasteiger partial charge is 0.490 e. The zero-order valence-electron chi connectivity index (χ0n) is 15.7. The topological polar surface area (TPSA) is 51.7 Å². The third-order valence-corrected chi connectivity index (χ3v) is 4.77. The van der Waals surface area contributed by atoms with Crippen LogP contribution in [-0.2, 0) is 4.79 Å². The molecule has 0 aliphatic carbocycles. The monoisotopic (exact) mass is 394 g/mol. The SMILES string of the molecule is C=CCN(C(=O)COc1ccccc1OCC)c1nc(-c2ccccc2)cs1. The van der Waals surface area contributed by atoms with Crippen molar-refractivity contribution in [1.82, 2.24) is 4.98 Å². The molecule has 6 heteroatoms. The van der Waals surface area contributed by atoms with E-state index in [1.54, 1.807) is 17.0 Å². The molecular formula is C22H22N2O3S. The first kappa shape index (κ1) is 19.6. The molecule has 0 unspecified atom stereocenters. The first-order valence-corrected chi connectivity index (χ1v) is 9.87. The maximum absolute atomic E-state index is 12.8. The zero-order valence-corrected chi connectivity index (χ0v) is 16.5. The number of rotatable bonds is 9. The van der Waals surface area contributed by atoms with Gasteiger partial charge in [0.15, 0.2) is 23.2 Å². The van der Waals surface area contributed by atoms with Crippen molar-refractivity contribution >= 4 is 22.4 Å². The van der Waals surface area contributed by atoms with Gasteiger partial charge in [-0.2, -0.15) is 0 Å². The average molecular weight is 394 g/mol. The van der Waals surface area contributed by atoms with E-state index >= 15 is 0 Å². The Morgan fingerprint density at radius 3 is 2.46 bits per heavy atom. The van der Waals surface area contributed by atoms with Crippen LogP contribution in [0.25, 0.3) is 11.3 Å². The smallest absolute Gasteiger partial charge is 0.266 e. The number of hydrogen-bond acceptors (Lipinski definition) is 5. The molecule has 0 bridgehead atoms. The number of aromatic nitrogens is 1. The molecule has 0 fully saturated rings. The molecule has 0 atom stereocenters. The molecule has 3 rings (SSSR count). The Morgan fingerprint density at radius 1 is 1.11 bits per heavy atom. The molecule has 2 aromatic carbocycles. The summed E-state index contributed by atoms with van der Waals surface area (Å²) in [6, 6.07) is 17.2. The van der Waals surface area contributed by atoms with Gasteiger partial charge in [-0.3, -0.25) is 9.69 Å². The summed E-state index contributed by atoms with van der Waals surface area (Å²) in [5.41, 5.74) is 1.85. The number of ether oxygens (including phenoxy) is 2. The fourth-order valence-electron chi connectivity index (χ4n) is 2.61. The quantitative estimate of drug-likeness (QED) is 0.489. The second kappa shape index (κ2) is 9.71. The number of carbonyl (C=O) groups excluding carboxylic acids is 1. The zero-order chi connectivity index (χ0) is 19.8. The summed E-state index contributed by atoms with van der Waals surface area (Å²) in [6.45, 7) is 6.43. The van der Waals surface area contributed by atoms with E-state index in [1.165, 1.54) is 11.3 Å². The predicted molar refractivity (Wildman–Crippen MR) is 113 cm³/mol. The highest BCUT2D eigenvalue weighted by molar-refractivity contribution is 7.14. The number of amides is 1. The van der Waals surface area contributed by atoms with Crippen LogP contribution in [0.5, 0.6) is 11.5 Å². The Balaban J connectivity index is 1.73. The van der Waals surface area contributed by atoms with Crippen LogP contribution in [0.1, 0.15) is 6.92 Å². The van der Waals surface area contributed by atoms with Gasteiger partial charge >= 0.3 is 0 Å². The van der Waals surface area contributed by atoms with E-state index in [2.05, 4.69) is 11.6 Å². The standard InChI is InChI=1S/C22H22N2O3S/c1-3-14-24(22-23-18(16-28-22)17-10-6-5-7-11-17)21(25)15-27-20-13-9-8-12-19(20)26-4-2/h3,5-13,16H,1,4,14-15H2,2H3. The van der Waals surface area contributed by atoms with Crippen molar-refractivity contribution in [1.29, 1.82) is 0 Å². The normalized spacial score (nSPS) is 10.3. The van der Waals surface area contributed by atoms with Crippen molar-refractivity contribution in [3.05, 3.63) is 72.6 Å². The molecule has 0 saturated heterocycles. The Morgan fingerprint density at radius 2 is 1.79 bits per heavy atom. The highest BCUT2D eigenvalue weighted by Crippen LogP contribution is 2.29. The number of carbonyl (C=O) groups is 1. The molecule has 5 nitrogen and oxygen atoms in total. The van der Waals surface area contributed by atoms with Crippen LogP contribution in [0.4, 0.5) is 5.13 Å².